The molecule has 32 heavy (non-hydrogen) atoms. The zero-order valence-corrected chi connectivity index (χ0v) is 18.3. The number of hydrogen-bond acceptors (Lipinski definition) is 6. The van der Waals surface area contributed by atoms with Gasteiger partial charge in [0.05, 0.1) is 25.3 Å². The number of ether oxygens (including phenoxy) is 1. The molecule has 0 aliphatic carbocycles. The number of benzene rings is 1. The lowest BCUT2D eigenvalue weighted by atomic mass is 10.0. The number of fused-ring (bicyclic) bond motifs is 1. The van der Waals surface area contributed by atoms with Crippen molar-refractivity contribution in [2.24, 2.45) is 0 Å². The number of nitrogens with zero attached hydrogens (tertiary/aromatic N) is 4. The van der Waals surface area contributed by atoms with Crippen molar-refractivity contribution in [2.45, 2.75) is 51.0 Å². The van der Waals surface area contributed by atoms with Crippen LogP contribution in [0.15, 0.2) is 42.9 Å². The highest BCUT2D eigenvalue weighted by Gasteiger charge is 2.20. The van der Waals surface area contributed by atoms with Gasteiger partial charge >= 0.3 is 12.0 Å². The van der Waals surface area contributed by atoms with E-state index in [-0.39, 0.29) is 12.4 Å². The molecule has 1 aliphatic heterocycles. The molecule has 2 aromatic heterocycles. The molecular weight excluding hydrogens is 406 g/mol. The van der Waals surface area contributed by atoms with Gasteiger partial charge in [0, 0.05) is 36.4 Å². The number of methoxy groups -OCH3 is 1. The SMILES string of the molecule is COc1ncc(C(CC(=O)O)n2ccc(CCCc3ccc4c(c3)NCCCC4)n2)cn1. The van der Waals surface area contributed by atoms with Crippen LogP contribution in [-0.4, -0.2) is 44.5 Å². The van der Waals surface area contributed by atoms with Crippen LogP contribution in [0, 0.1) is 0 Å². The van der Waals surface area contributed by atoms with Gasteiger partial charge in [-0.15, -0.1) is 0 Å². The van der Waals surface area contributed by atoms with Crippen LogP contribution in [0.4, 0.5) is 5.69 Å². The molecule has 2 N–H and O–H groups in total. The molecule has 1 aliphatic rings. The monoisotopic (exact) mass is 435 g/mol. The maximum atomic E-state index is 11.4. The largest absolute Gasteiger partial charge is 0.481 e. The lowest BCUT2D eigenvalue weighted by Crippen LogP contribution is -2.16. The van der Waals surface area contributed by atoms with Crippen molar-refractivity contribution in [3.05, 3.63) is 65.2 Å². The van der Waals surface area contributed by atoms with Gasteiger partial charge in [-0.05, 0) is 61.8 Å². The van der Waals surface area contributed by atoms with Gasteiger partial charge in [-0.3, -0.25) is 9.48 Å². The van der Waals surface area contributed by atoms with E-state index in [9.17, 15) is 9.90 Å². The molecule has 3 aromatic rings. The average Bonchev–Trinajstić information content (AvgIpc) is 3.14. The highest BCUT2D eigenvalue weighted by Crippen LogP contribution is 2.24. The molecule has 8 heteroatoms. The van der Waals surface area contributed by atoms with Crippen LogP contribution in [0.2, 0.25) is 0 Å². The lowest BCUT2D eigenvalue weighted by molar-refractivity contribution is -0.137. The minimum Gasteiger partial charge on any atom is -0.481 e. The smallest absolute Gasteiger partial charge is 0.316 e. The van der Waals surface area contributed by atoms with Crippen LogP contribution in [0.3, 0.4) is 0 Å². The maximum absolute atomic E-state index is 11.4. The van der Waals surface area contributed by atoms with E-state index in [2.05, 4.69) is 38.6 Å². The van der Waals surface area contributed by atoms with Gasteiger partial charge < -0.3 is 15.2 Å². The molecule has 0 saturated heterocycles. The lowest BCUT2D eigenvalue weighted by Gasteiger charge is -2.15. The number of aliphatic carboxylic acids is 1. The van der Waals surface area contributed by atoms with Crippen LogP contribution in [0.5, 0.6) is 6.01 Å². The standard InChI is InChI=1S/C24H29N5O3/c1-32-24-26-15-19(16-27-24)22(14-23(30)31)29-12-10-20(28-29)7-4-5-17-8-9-18-6-2-3-11-25-21(18)13-17/h8-10,12-13,15-16,22,25H,2-7,11,14H2,1H3,(H,30,31). The third-order valence-corrected chi connectivity index (χ3v) is 5.83. The third-order valence-electron chi connectivity index (χ3n) is 5.83. The normalized spacial score (nSPS) is 14.2. The summed E-state index contributed by atoms with van der Waals surface area (Å²) < 4.78 is 6.69. The summed E-state index contributed by atoms with van der Waals surface area (Å²) in [5.41, 5.74) is 5.65. The predicted molar refractivity (Wildman–Crippen MR) is 121 cm³/mol. The van der Waals surface area contributed by atoms with Crippen molar-refractivity contribution >= 4 is 11.7 Å². The number of aryl methyl sites for hydroxylation is 3. The van der Waals surface area contributed by atoms with Gasteiger partial charge in [0.25, 0.3) is 0 Å². The van der Waals surface area contributed by atoms with Crippen molar-refractivity contribution in [2.75, 3.05) is 19.0 Å². The van der Waals surface area contributed by atoms with E-state index in [1.54, 1.807) is 17.1 Å². The number of carboxylic acids is 1. The second-order valence-corrected chi connectivity index (χ2v) is 8.13. The maximum Gasteiger partial charge on any atom is 0.316 e. The molecule has 1 atom stereocenters. The Bertz CT molecular complexity index is 1050. The number of aromatic nitrogens is 4. The Morgan fingerprint density at radius 3 is 2.84 bits per heavy atom. The Hall–Kier alpha value is -3.42. The van der Waals surface area contributed by atoms with Gasteiger partial charge in [0.2, 0.25) is 0 Å². The van der Waals surface area contributed by atoms with Crippen molar-refractivity contribution in [1.29, 1.82) is 0 Å². The molecule has 0 bridgehead atoms. The number of hydrogen-bond donors (Lipinski definition) is 2. The summed E-state index contributed by atoms with van der Waals surface area (Å²) in [5.74, 6) is -0.903. The van der Waals surface area contributed by atoms with Crippen LogP contribution in [0.25, 0.3) is 0 Å². The molecule has 0 saturated carbocycles. The first-order chi connectivity index (χ1) is 15.6. The van der Waals surface area contributed by atoms with E-state index in [4.69, 9.17) is 4.74 Å². The number of anilines is 1. The fourth-order valence-corrected chi connectivity index (χ4v) is 4.12. The fraction of sp³-hybridized carbons (Fsp3) is 0.417. The van der Waals surface area contributed by atoms with E-state index >= 15 is 0 Å². The minimum absolute atomic E-state index is 0.0983. The zero-order chi connectivity index (χ0) is 22.3. The van der Waals surface area contributed by atoms with Gasteiger partial charge in [0.1, 0.15) is 0 Å². The van der Waals surface area contributed by atoms with E-state index in [1.165, 1.54) is 36.8 Å². The quantitative estimate of drug-likeness (QED) is 0.529. The summed E-state index contributed by atoms with van der Waals surface area (Å²) >= 11 is 0. The molecule has 3 heterocycles. The second-order valence-electron chi connectivity index (χ2n) is 8.13. The summed E-state index contributed by atoms with van der Waals surface area (Å²) in [6, 6.07) is 8.51. The minimum atomic E-state index is -0.903. The Kier molecular flexibility index (Phi) is 6.99. The Labute approximate surface area is 187 Å². The molecule has 0 spiro atoms. The summed E-state index contributed by atoms with van der Waals surface area (Å²) in [5, 5.41) is 17.6. The van der Waals surface area contributed by atoms with Crippen LogP contribution >= 0.6 is 0 Å². The third kappa shape index (κ3) is 5.43. The van der Waals surface area contributed by atoms with E-state index in [1.807, 2.05) is 12.3 Å². The number of carbonyl (C=O) groups is 1. The zero-order valence-electron chi connectivity index (χ0n) is 18.3. The first-order valence-corrected chi connectivity index (χ1v) is 11.1. The van der Waals surface area contributed by atoms with Gasteiger partial charge in [-0.1, -0.05) is 12.1 Å². The van der Waals surface area contributed by atoms with Crippen molar-refractivity contribution in [1.82, 2.24) is 19.7 Å². The fourth-order valence-electron chi connectivity index (χ4n) is 4.12. The molecule has 168 valence electrons. The van der Waals surface area contributed by atoms with Crippen LogP contribution in [0.1, 0.15) is 54.1 Å². The number of carboxylic acid groups (broad SMARTS) is 1. The van der Waals surface area contributed by atoms with E-state index < -0.39 is 12.0 Å². The molecule has 8 nitrogen and oxygen atoms in total. The average molecular weight is 436 g/mol. The summed E-state index contributed by atoms with van der Waals surface area (Å²) in [6.45, 7) is 1.05. The van der Waals surface area contributed by atoms with Gasteiger partial charge in [-0.25, -0.2) is 9.97 Å². The summed E-state index contributed by atoms with van der Waals surface area (Å²) in [7, 11) is 1.49. The molecule has 1 aromatic carbocycles. The van der Waals surface area contributed by atoms with Crippen molar-refractivity contribution in [3.8, 4) is 6.01 Å². The topological polar surface area (TPSA) is 102 Å². The highest BCUT2D eigenvalue weighted by atomic mass is 16.5. The Morgan fingerprint density at radius 1 is 1.22 bits per heavy atom. The molecule has 4 rings (SSSR count). The molecular formula is C24H29N5O3. The summed E-state index contributed by atoms with van der Waals surface area (Å²) in [4.78, 5) is 19.6. The highest BCUT2D eigenvalue weighted by molar-refractivity contribution is 5.68. The second kappa shape index (κ2) is 10.3. The summed E-state index contributed by atoms with van der Waals surface area (Å²) in [6.07, 6.45) is 11.3. The Balaban J connectivity index is 1.39. The molecule has 0 amide bonds. The van der Waals surface area contributed by atoms with Crippen molar-refractivity contribution in [3.63, 3.8) is 0 Å². The number of nitrogens with one attached hydrogen (secondary N) is 1. The molecule has 1 unspecified atom stereocenters. The predicted octanol–water partition coefficient (Wildman–Crippen LogP) is 3.67. The molecule has 0 fully saturated rings. The van der Waals surface area contributed by atoms with Crippen LogP contribution < -0.4 is 10.1 Å². The number of rotatable bonds is 9. The Morgan fingerprint density at radius 2 is 2.06 bits per heavy atom. The van der Waals surface area contributed by atoms with E-state index in [0.29, 0.717) is 5.56 Å². The molecule has 0 radical (unpaired) electrons. The van der Waals surface area contributed by atoms with E-state index in [0.717, 1.165) is 37.9 Å². The first kappa shape index (κ1) is 21.8. The van der Waals surface area contributed by atoms with Crippen LogP contribution in [-0.2, 0) is 24.1 Å². The van der Waals surface area contributed by atoms with Gasteiger partial charge in [-0.2, -0.15) is 5.10 Å². The van der Waals surface area contributed by atoms with Crippen molar-refractivity contribution < 1.29 is 14.6 Å². The first-order valence-electron chi connectivity index (χ1n) is 11.1. The van der Waals surface area contributed by atoms with Gasteiger partial charge in [0.15, 0.2) is 0 Å².